The standard InChI is InChI=1S/C34H38O6/c1-6-8-9-10-11-12-13-29-24-31(26-37-20-18-35-4)34(32(25-29)27-38-21-19-36-5)40-23-22-39-33-16-14-30(15-17-33)28(3)7-2/h1,14-17,24-25,28H,7,18-23,26-27H2,2-5H3. The highest BCUT2D eigenvalue weighted by molar-refractivity contribution is 5.51. The van der Waals surface area contributed by atoms with Gasteiger partial charge in [-0.2, -0.15) is 0 Å². The van der Waals surface area contributed by atoms with Crippen molar-refractivity contribution in [1.29, 1.82) is 0 Å². The molecule has 0 heterocycles. The van der Waals surface area contributed by atoms with Crippen LogP contribution in [0.1, 0.15) is 48.4 Å². The summed E-state index contributed by atoms with van der Waals surface area (Å²) in [6.07, 6.45) is 6.21. The summed E-state index contributed by atoms with van der Waals surface area (Å²) in [6, 6.07) is 12.1. The lowest BCUT2D eigenvalue weighted by Gasteiger charge is -2.18. The zero-order valence-electron chi connectivity index (χ0n) is 23.9. The molecular formula is C34H38O6. The van der Waals surface area contributed by atoms with Gasteiger partial charge in [-0.1, -0.05) is 31.9 Å². The van der Waals surface area contributed by atoms with Crippen molar-refractivity contribution in [1.82, 2.24) is 0 Å². The largest absolute Gasteiger partial charge is 0.490 e. The number of methoxy groups -OCH3 is 2. The molecule has 0 bridgehead atoms. The Kier molecular flexibility index (Phi) is 16.2. The quantitative estimate of drug-likeness (QED) is 0.208. The van der Waals surface area contributed by atoms with Crippen LogP contribution in [0.15, 0.2) is 36.4 Å². The van der Waals surface area contributed by atoms with Gasteiger partial charge in [0.1, 0.15) is 24.7 Å². The monoisotopic (exact) mass is 542 g/mol. The molecule has 2 aromatic rings. The Hall–Kier alpha value is -3.88. The second kappa shape index (κ2) is 20.1. The molecule has 0 fully saturated rings. The molecular weight excluding hydrogens is 504 g/mol. The molecule has 210 valence electrons. The summed E-state index contributed by atoms with van der Waals surface area (Å²) in [4.78, 5) is 0. The topological polar surface area (TPSA) is 55.4 Å². The van der Waals surface area contributed by atoms with Gasteiger partial charge in [0.2, 0.25) is 0 Å². The van der Waals surface area contributed by atoms with Crippen LogP contribution < -0.4 is 9.47 Å². The molecule has 0 saturated heterocycles. The van der Waals surface area contributed by atoms with E-state index in [2.05, 4.69) is 67.4 Å². The lowest BCUT2D eigenvalue weighted by molar-refractivity contribution is 0.0567. The van der Waals surface area contributed by atoms with E-state index in [1.165, 1.54) is 5.56 Å². The molecule has 1 atom stereocenters. The van der Waals surface area contributed by atoms with Gasteiger partial charge in [0.15, 0.2) is 0 Å². The van der Waals surface area contributed by atoms with Crippen LogP contribution in [0.25, 0.3) is 0 Å². The first-order chi connectivity index (χ1) is 19.6. The third-order valence-corrected chi connectivity index (χ3v) is 5.81. The predicted octanol–water partition coefficient (Wildman–Crippen LogP) is 4.98. The van der Waals surface area contributed by atoms with Crippen LogP contribution in [-0.4, -0.2) is 53.9 Å². The van der Waals surface area contributed by atoms with E-state index in [9.17, 15) is 0 Å². The minimum Gasteiger partial charge on any atom is -0.490 e. The minimum absolute atomic E-state index is 0.316. The van der Waals surface area contributed by atoms with Crippen LogP contribution in [-0.2, 0) is 32.2 Å². The third-order valence-electron chi connectivity index (χ3n) is 5.81. The molecule has 6 nitrogen and oxygen atoms in total. The van der Waals surface area contributed by atoms with Crippen molar-refractivity contribution in [2.75, 3.05) is 53.9 Å². The van der Waals surface area contributed by atoms with E-state index in [0.29, 0.717) is 64.5 Å². The molecule has 0 spiro atoms. The molecule has 2 aromatic carbocycles. The summed E-state index contributed by atoms with van der Waals surface area (Å²) in [5.41, 5.74) is 3.73. The molecule has 2 rings (SSSR count). The van der Waals surface area contributed by atoms with Crippen LogP contribution in [0.3, 0.4) is 0 Å². The molecule has 40 heavy (non-hydrogen) atoms. The Bertz CT molecular complexity index is 1220. The van der Waals surface area contributed by atoms with Crippen molar-refractivity contribution in [2.24, 2.45) is 0 Å². The number of ether oxygens (including phenoxy) is 6. The Balaban J connectivity index is 2.22. The number of hydrogen-bond donors (Lipinski definition) is 0. The number of hydrogen-bond acceptors (Lipinski definition) is 6. The van der Waals surface area contributed by atoms with E-state index in [4.69, 9.17) is 34.8 Å². The second-order valence-corrected chi connectivity index (χ2v) is 8.68. The molecule has 0 aromatic heterocycles. The summed E-state index contributed by atoms with van der Waals surface area (Å²) in [5, 5.41) is 0. The van der Waals surface area contributed by atoms with Gasteiger partial charge in [-0.15, -0.1) is 6.42 Å². The average Bonchev–Trinajstić information content (AvgIpc) is 2.98. The Morgan fingerprint density at radius 3 is 1.88 bits per heavy atom. The van der Waals surface area contributed by atoms with Crippen LogP contribution in [0, 0.1) is 47.9 Å². The first-order valence-corrected chi connectivity index (χ1v) is 13.2. The van der Waals surface area contributed by atoms with Gasteiger partial charge in [0.05, 0.1) is 39.6 Å². The molecule has 0 aliphatic carbocycles. The highest BCUT2D eigenvalue weighted by Crippen LogP contribution is 2.28. The molecule has 0 aliphatic rings. The number of benzene rings is 2. The van der Waals surface area contributed by atoms with Gasteiger partial charge < -0.3 is 28.4 Å². The van der Waals surface area contributed by atoms with Crippen LogP contribution in [0.2, 0.25) is 0 Å². The zero-order valence-corrected chi connectivity index (χ0v) is 23.9. The summed E-state index contributed by atoms with van der Waals surface area (Å²) in [5.74, 6) is 20.4. The fraction of sp³-hybridized carbons (Fsp3) is 0.412. The Labute approximate surface area is 239 Å². The van der Waals surface area contributed by atoms with Crippen LogP contribution in [0.4, 0.5) is 0 Å². The van der Waals surface area contributed by atoms with Gasteiger partial charge in [-0.25, -0.2) is 0 Å². The van der Waals surface area contributed by atoms with Crippen molar-refractivity contribution < 1.29 is 28.4 Å². The SMILES string of the molecule is C#CC#CC#CC#Cc1cc(COCCOC)c(OCCOc2ccc(C(C)CC)cc2)c(COCCOC)c1. The van der Waals surface area contributed by atoms with Crippen LogP contribution in [0.5, 0.6) is 11.5 Å². The molecule has 0 N–H and O–H groups in total. The molecule has 0 saturated carbocycles. The Morgan fingerprint density at radius 2 is 1.30 bits per heavy atom. The van der Waals surface area contributed by atoms with E-state index in [0.717, 1.165) is 28.9 Å². The van der Waals surface area contributed by atoms with Gasteiger partial charge in [-0.3, -0.25) is 0 Å². The highest BCUT2D eigenvalue weighted by Gasteiger charge is 2.14. The summed E-state index contributed by atoms with van der Waals surface area (Å²) in [7, 11) is 3.27. The van der Waals surface area contributed by atoms with Crippen molar-refractivity contribution >= 4 is 0 Å². The average molecular weight is 543 g/mol. The molecule has 0 amide bonds. The maximum Gasteiger partial charge on any atom is 0.130 e. The van der Waals surface area contributed by atoms with E-state index < -0.39 is 0 Å². The smallest absolute Gasteiger partial charge is 0.130 e. The van der Waals surface area contributed by atoms with E-state index in [-0.39, 0.29) is 0 Å². The first kappa shape index (κ1) is 32.3. The summed E-state index contributed by atoms with van der Waals surface area (Å²) >= 11 is 0. The Morgan fingerprint density at radius 1 is 0.725 bits per heavy atom. The van der Waals surface area contributed by atoms with Gasteiger partial charge in [-0.05, 0) is 77.7 Å². The van der Waals surface area contributed by atoms with E-state index >= 15 is 0 Å². The van der Waals surface area contributed by atoms with E-state index in [1.807, 2.05) is 24.3 Å². The van der Waals surface area contributed by atoms with Gasteiger partial charge in [0, 0.05) is 30.9 Å². The molecule has 0 aliphatic heterocycles. The van der Waals surface area contributed by atoms with Crippen molar-refractivity contribution in [3.05, 3.63) is 58.7 Å². The molecule has 6 heteroatoms. The lowest BCUT2D eigenvalue weighted by atomic mass is 9.99. The fourth-order valence-electron chi connectivity index (χ4n) is 3.54. The highest BCUT2D eigenvalue weighted by atomic mass is 16.5. The summed E-state index contributed by atoms with van der Waals surface area (Å²) in [6.45, 7) is 7.62. The van der Waals surface area contributed by atoms with Gasteiger partial charge in [0.25, 0.3) is 0 Å². The first-order valence-electron chi connectivity index (χ1n) is 13.2. The van der Waals surface area contributed by atoms with Crippen molar-refractivity contribution in [3.8, 4) is 59.4 Å². The zero-order chi connectivity index (χ0) is 28.8. The molecule has 0 radical (unpaired) electrons. The normalized spacial score (nSPS) is 10.6. The van der Waals surface area contributed by atoms with Crippen molar-refractivity contribution in [2.45, 2.75) is 39.4 Å². The number of rotatable bonds is 17. The number of terminal acetylenes is 1. The third kappa shape index (κ3) is 12.3. The van der Waals surface area contributed by atoms with E-state index in [1.54, 1.807) is 14.2 Å². The van der Waals surface area contributed by atoms with Crippen molar-refractivity contribution in [3.63, 3.8) is 0 Å². The minimum atomic E-state index is 0.316. The summed E-state index contributed by atoms with van der Waals surface area (Å²) < 4.78 is 34.1. The maximum absolute atomic E-state index is 6.25. The lowest BCUT2D eigenvalue weighted by Crippen LogP contribution is -2.13. The predicted molar refractivity (Wildman–Crippen MR) is 157 cm³/mol. The fourth-order valence-corrected chi connectivity index (χ4v) is 3.54. The molecule has 1 unspecified atom stereocenters. The second-order valence-electron chi connectivity index (χ2n) is 8.68. The maximum atomic E-state index is 6.25. The van der Waals surface area contributed by atoms with Crippen LogP contribution >= 0.6 is 0 Å². The van der Waals surface area contributed by atoms with Gasteiger partial charge >= 0.3 is 0 Å².